The number of rotatable bonds is 6. The number of aryl methyl sites for hydroxylation is 1. The van der Waals surface area contributed by atoms with E-state index in [0.29, 0.717) is 5.92 Å². The highest BCUT2D eigenvalue weighted by Gasteiger charge is 2.10. The second-order valence-electron chi connectivity index (χ2n) is 6.47. The first-order chi connectivity index (χ1) is 11.4. The van der Waals surface area contributed by atoms with Crippen LogP contribution in [0, 0.1) is 6.92 Å². The molecule has 1 N–H and O–H groups in total. The monoisotopic (exact) mass is 326 g/mol. The smallest absolute Gasteiger partial charge is 0.262 e. The number of nitrogens with one attached hydrogen (secondary N) is 1. The van der Waals surface area contributed by atoms with Gasteiger partial charge in [-0.25, -0.2) is 0 Å². The summed E-state index contributed by atoms with van der Waals surface area (Å²) in [5.41, 5.74) is 4.09. The van der Waals surface area contributed by atoms with E-state index in [1.54, 1.807) is 0 Å². The number of ether oxygens (including phenoxy) is 1. The average molecular weight is 326 g/mol. The molecule has 0 atom stereocenters. The van der Waals surface area contributed by atoms with Gasteiger partial charge in [0.2, 0.25) is 0 Å². The molecule has 0 saturated heterocycles. The molecule has 24 heavy (non-hydrogen) atoms. The summed E-state index contributed by atoms with van der Waals surface area (Å²) in [7, 11) is 3.96. The molecule has 0 fully saturated rings. The summed E-state index contributed by atoms with van der Waals surface area (Å²) >= 11 is 0. The van der Waals surface area contributed by atoms with Crippen LogP contribution in [0.3, 0.4) is 0 Å². The zero-order valence-corrected chi connectivity index (χ0v) is 15.1. The minimum Gasteiger partial charge on any atom is -0.483 e. The molecule has 0 bridgehead atoms. The fourth-order valence-corrected chi connectivity index (χ4v) is 2.43. The van der Waals surface area contributed by atoms with Gasteiger partial charge in [-0.3, -0.25) is 4.79 Å². The molecule has 0 spiro atoms. The lowest BCUT2D eigenvalue weighted by atomic mass is 10.0. The molecule has 0 unspecified atom stereocenters. The Morgan fingerprint density at radius 2 is 1.79 bits per heavy atom. The van der Waals surface area contributed by atoms with Crippen molar-refractivity contribution in [3.63, 3.8) is 0 Å². The highest BCUT2D eigenvalue weighted by Crippen LogP contribution is 2.27. The minimum absolute atomic E-state index is 0.00138. The number of anilines is 2. The third kappa shape index (κ3) is 4.75. The van der Waals surface area contributed by atoms with E-state index in [4.69, 9.17) is 4.74 Å². The van der Waals surface area contributed by atoms with Crippen LogP contribution in [0.15, 0.2) is 42.5 Å². The number of carbonyl (C=O) groups is 1. The summed E-state index contributed by atoms with van der Waals surface area (Å²) in [5, 5.41) is 2.86. The van der Waals surface area contributed by atoms with Crippen LogP contribution >= 0.6 is 0 Å². The van der Waals surface area contributed by atoms with Gasteiger partial charge >= 0.3 is 0 Å². The number of carbonyl (C=O) groups excluding carboxylic acids is 1. The first kappa shape index (κ1) is 17.9. The number of nitrogens with zero attached hydrogens (tertiary/aromatic N) is 1. The number of hydrogen-bond acceptors (Lipinski definition) is 3. The SMILES string of the molecule is Cc1ccc(C(C)C)c(OCC(=O)Nc2ccc(N(C)C)cc2)c1. The lowest BCUT2D eigenvalue weighted by Crippen LogP contribution is -2.20. The van der Waals surface area contributed by atoms with Crippen molar-refractivity contribution in [2.24, 2.45) is 0 Å². The molecule has 2 aromatic carbocycles. The van der Waals surface area contributed by atoms with Gasteiger partial charge in [-0.1, -0.05) is 26.0 Å². The summed E-state index contributed by atoms with van der Waals surface area (Å²) in [5.74, 6) is 0.967. The molecule has 0 saturated carbocycles. The molecule has 0 aliphatic rings. The molecule has 2 aromatic rings. The predicted octanol–water partition coefficient (Wildman–Crippen LogP) is 4.20. The molecule has 0 aliphatic carbocycles. The molecular formula is C20H26N2O2. The molecule has 1 amide bonds. The van der Waals surface area contributed by atoms with Crippen molar-refractivity contribution in [3.8, 4) is 5.75 Å². The van der Waals surface area contributed by atoms with Crippen LogP contribution in [0.1, 0.15) is 30.9 Å². The number of amides is 1. The van der Waals surface area contributed by atoms with E-state index >= 15 is 0 Å². The molecule has 0 aromatic heterocycles. The maximum atomic E-state index is 12.1. The van der Waals surface area contributed by atoms with Crippen LogP contribution in [0.2, 0.25) is 0 Å². The van der Waals surface area contributed by atoms with Crippen LogP contribution < -0.4 is 15.0 Å². The lowest BCUT2D eigenvalue weighted by Gasteiger charge is -2.15. The van der Waals surface area contributed by atoms with E-state index in [2.05, 4.69) is 31.3 Å². The molecule has 128 valence electrons. The van der Waals surface area contributed by atoms with Gasteiger partial charge in [0.25, 0.3) is 5.91 Å². The Kier molecular flexibility index (Phi) is 5.85. The van der Waals surface area contributed by atoms with Gasteiger partial charge in [0.15, 0.2) is 6.61 Å². The lowest BCUT2D eigenvalue weighted by molar-refractivity contribution is -0.118. The molecule has 4 nitrogen and oxygen atoms in total. The second kappa shape index (κ2) is 7.86. The van der Waals surface area contributed by atoms with Crippen LogP contribution in [0.4, 0.5) is 11.4 Å². The normalized spacial score (nSPS) is 10.6. The molecular weight excluding hydrogens is 300 g/mol. The number of hydrogen-bond donors (Lipinski definition) is 1. The number of benzene rings is 2. The highest BCUT2D eigenvalue weighted by molar-refractivity contribution is 5.92. The van der Waals surface area contributed by atoms with E-state index in [0.717, 1.165) is 28.3 Å². The highest BCUT2D eigenvalue weighted by atomic mass is 16.5. The van der Waals surface area contributed by atoms with Crippen LogP contribution in [0.5, 0.6) is 5.75 Å². The van der Waals surface area contributed by atoms with Gasteiger partial charge < -0.3 is 15.0 Å². The fourth-order valence-electron chi connectivity index (χ4n) is 2.43. The first-order valence-electron chi connectivity index (χ1n) is 8.17. The van der Waals surface area contributed by atoms with E-state index in [1.807, 2.05) is 56.3 Å². The van der Waals surface area contributed by atoms with Crippen molar-refractivity contribution in [2.45, 2.75) is 26.7 Å². The van der Waals surface area contributed by atoms with Gasteiger partial charge in [-0.2, -0.15) is 0 Å². The third-order valence-electron chi connectivity index (χ3n) is 3.82. The Bertz CT molecular complexity index is 691. The van der Waals surface area contributed by atoms with E-state index < -0.39 is 0 Å². The maximum absolute atomic E-state index is 12.1. The second-order valence-corrected chi connectivity index (χ2v) is 6.47. The summed E-state index contributed by atoms with van der Waals surface area (Å²) in [6, 6.07) is 13.8. The van der Waals surface area contributed by atoms with Crippen molar-refractivity contribution in [3.05, 3.63) is 53.6 Å². The first-order valence-corrected chi connectivity index (χ1v) is 8.17. The van der Waals surface area contributed by atoms with Crippen LogP contribution in [-0.4, -0.2) is 26.6 Å². The van der Waals surface area contributed by atoms with Gasteiger partial charge in [0, 0.05) is 25.5 Å². The molecule has 2 rings (SSSR count). The summed E-state index contributed by atoms with van der Waals surface area (Å²) in [6.45, 7) is 6.25. The largest absolute Gasteiger partial charge is 0.483 e. The Balaban J connectivity index is 1.97. The topological polar surface area (TPSA) is 41.6 Å². The standard InChI is InChI=1S/C20H26N2O2/c1-14(2)18-11-6-15(3)12-19(18)24-13-20(23)21-16-7-9-17(10-8-16)22(4)5/h6-12,14H,13H2,1-5H3,(H,21,23). The molecule has 0 heterocycles. The van der Waals surface area contributed by atoms with Crippen LogP contribution in [0.25, 0.3) is 0 Å². The van der Waals surface area contributed by atoms with Crippen molar-refractivity contribution in [1.29, 1.82) is 0 Å². The van der Waals surface area contributed by atoms with E-state index in [-0.39, 0.29) is 12.5 Å². The van der Waals surface area contributed by atoms with E-state index in [1.165, 1.54) is 0 Å². The van der Waals surface area contributed by atoms with Gasteiger partial charge in [0.05, 0.1) is 0 Å². The molecule has 0 aliphatic heterocycles. The third-order valence-corrected chi connectivity index (χ3v) is 3.82. The van der Waals surface area contributed by atoms with Crippen molar-refractivity contribution < 1.29 is 9.53 Å². The Labute approximate surface area is 144 Å². The predicted molar refractivity (Wildman–Crippen MR) is 100 cm³/mol. The zero-order valence-electron chi connectivity index (χ0n) is 15.1. The van der Waals surface area contributed by atoms with Gasteiger partial charge in [-0.15, -0.1) is 0 Å². The Morgan fingerprint density at radius 1 is 1.12 bits per heavy atom. The molecule has 4 heteroatoms. The molecule has 0 radical (unpaired) electrons. The Hall–Kier alpha value is -2.49. The van der Waals surface area contributed by atoms with Crippen molar-refractivity contribution >= 4 is 17.3 Å². The van der Waals surface area contributed by atoms with Crippen molar-refractivity contribution in [2.75, 3.05) is 30.9 Å². The summed E-state index contributed by atoms with van der Waals surface area (Å²) < 4.78 is 5.75. The quantitative estimate of drug-likeness (QED) is 0.865. The Morgan fingerprint density at radius 3 is 2.38 bits per heavy atom. The van der Waals surface area contributed by atoms with Gasteiger partial charge in [-0.05, 0) is 54.3 Å². The van der Waals surface area contributed by atoms with E-state index in [9.17, 15) is 4.79 Å². The average Bonchev–Trinajstić information content (AvgIpc) is 2.53. The zero-order chi connectivity index (χ0) is 17.7. The fraction of sp³-hybridized carbons (Fsp3) is 0.350. The van der Waals surface area contributed by atoms with Crippen molar-refractivity contribution in [1.82, 2.24) is 0 Å². The maximum Gasteiger partial charge on any atom is 0.262 e. The minimum atomic E-state index is -0.163. The summed E-state index contributed by atoms with van der Waals surface area (Å²) in [6.07, 6.45) is 0. The van der Waals surface area contributed by atoms with Gasteiger partial charge in [0.1, 0.15) is 5.75 Å². The van der Waals surface area contributed by atoms with Crippen LogP contribution in [-0.2, 0) is 4.79 Å². The summed E-state index contributed by atoms with van der Waals surface area (Å²) in [4.78, 5) is 14.1.